The Morgan fingerprint density at radius 1 is 1.28 bits per heavy atom. The molecule has 0 aromatic carbocycles. The zero-order chi connectivity index (χ0) is 18.2. The van der Waals surface area contributed by atoms with Gasteiger partial charge in [-0.05, 0) is 67.8 Å². The van der Waals surface area contributed by atoms with Crippen LogP contribution in [0.5, 0.6) is 0 Å². The van der Waals surface area contributed by atoms with E-state index in [0.717, 1.165) is 32.5 Å². The Labute approximate surface area is 152 Å². The van der Waals surface area contributed by atoms with E-state index in [0.29, 0.717) is 11.8 Å². The maximum absolute atomic E-state index is 11.9. The first-order valence-corrected chi connectivity index (χ1v) is 10.0. The Balaban J connectivity index is 0.000000549. The summed E-state index contributed by atoms with van der Waals surface area (Å²) >= 11 is 0. The number of allylic oxidation sites excluding steroid dienone is 4. The van der Waals surface area contributed by atoms with E-state index >= 15 is 0 Å². The van der Waals surface area contributed by atoms with Gasteiger partial charge in [0.15, 0.2) is 0 Å². The van der Waals surface area contributed by atoms with Gasteiger partial charge in [0.25, 0.3) is 0 Å². The smallest absolute Gasteiger partial charge is 0.309 e. The van der Waals surface area contributed by atoms with Gasteiger partial charge in [0.2, 0.25) is 0 Å². The van der Waals surface area contributed by atoms with Crippen LogP contribution in [0.2, 0.25) is 0 Å². The average molecular weight is 347 g/mol. The summed E-state index contributed by atoms with van der Waals surface area (Å²) in [6, 6.07) is 0. The third kappa shape index (κ3) is 3.45. The highest BCUT2D eigenvalue weighted by Crippen LogP contribution is 2.62. The van der Waals surface area contributed by atoms with Crippen LogP contribution in [0.4, 0.5) is 0 Å². The van der Waals surface area contributed by atoms with Crippen molar-refractivity contribution < 1.29 is 14.6 Å². The summed E-state index contributed by atoms with van der Waals surface area (Å²) < 4.78 is 4.50. The van der Waals surface area contributed by atoms with Gasteiger partial charge in [-0.15, -0.1) is 0 Å². The zero-order valence-corrected chi connectivity index (χ0v) is 16.3. The molecule has 140 valence electrons. The molecule has 3 aliphatic carbocycles. The van der Waals surface area contributed by atoms with Gasteiger partial charge in [-0.3, -0.25) is 4.79 Å². The number of hydrogen-bond donors (Lipinski definition) is 1. The van der Waals surface area contributed by atoms with E-state index in [9.17, 15) is 9.90 Å². The van der Waals surface area contributed by atoms with E-state index in [2.05, 4.69) is 37.7 Å². The van der Waals surface area contributed by atoms with E-state index in [4.69, 9.17) is 0 Å². The van der Waals surface area contributed by atoms with Crippen molar-refractivity contribution in [3.63, 3.8) is 0 Å². The first-order valence-electron chi connectivity index (χ1n) is 10.0. The number of ether oxygens (including phenoxy) is 1. The minimum absolute atomic E-state index is 0.161. The van der Waals surface area contributed by atoms with Gasteiger partial charge in [-0.1, -0.05) is 44.9 Å². The molecule has 4 atom stereocenters. The summed E-state index contributed by atoms with van der Waals surface area (Å²) in [5.41, 5.74) is 2.69. The van der Waals surface area contributed by atoms with Crippen LogP contribution in [-0.2, 0) is 9.53 Å². The number of carboxylic acids is 1. The first-order chi connectivity index (χ1) is 11.8. The molecule has 4 rings (SSSR count). The van der Waals surface area contributed by atoms with Crippen molar-refractivity contribution in [3.05, 3.63) is 23.3 Å². The number of rotatable bonds is 2. The highest BCUT2D eigenvalue weighted by molar-refractivity contribution is 5.75. The van der Waals surface area contributed by atoms with Crippen molar-refractivity contribution in [1.29, 1.82) is 0 Å². The Kier molecular flexibility index (Phi) is 5.16. The van der Waals surface area contributed by atoms with Gasteiger partial charge in [0.1, 0.15) is 0 Å². The minimum Gasteiger partial charge on any atom is -0.481 e. The van der Waals surface area contributed by atoms with E-state index in [1.807, 2.05) is 6.92 Å². The van der Waals surface area contributed by atoms with Crippen LogP contribution in [-0.4, -0.2) is 24.3 Å². The number of epoxide rings is 1. The molecule has 2 fully saturated rings. The monoisotopic (exact) mass is 346 g/mol. The number of carboxylic acid groups (broad SMARTS) is 1. The molecule has 1 aliphatic heterocycles. The normalized spacial score (nSPS) is 39.2. The molecule has 0 radical (unpaired) electrons. The van der Waals surface area contributed by atoms with Crippen molar-refractivity contribution in [3.8, 4) is 0 Å². The van der Waals surface area contributed by atoms with Crippen LogP contribution in [0.15, 0.2) is 23.3 Å². The predicted molar refractivity (Wildman–Crippen MR) is 100 cm³/mol. The molecule has 0 amide bonds. The predicted octanol–water partition coefficient (Wildman–Crippen LogP) is 5.22. The van der Waals surface area contributed by atoms with Gasteiger partial charge in [-0.25, -0.2) is 0 Å². The van der Waals surface area contributed by atoms with E-state index in [-0.39, 0.29) is 11.3 Å². The largest absolute Gasteiger partial charge is 0.481 e. The van der Waals surface area contributed by atoms with Crippen molar-refractivity contribution in [2.45, 2.75) is 66.2 Å². The van der Waals surface area contributed by atoms with Gasteiger partial charge in [-0.2, -0.15) is 0 Å². The lowest BCUT2D eigenvalue weighted by Gasteiger charge is -2.57. The second-order valence-corrected chi connectivity index (χ2v) is 9.15. The third-order valence-electron chi connectivity index (χ3n) is 7.27. The minimum atomic E-state index is -0.588. The lowest BCUT2D eigenvalue weighted by molar-refractivity contribution is -0.162. The van der Waals surface area contributed by atoms with E-state index in [1.165, 1.54) is 24.8 Å². The second kappa shape index (κ2) is 6.90. The van der Waals surface area contributed by atoms with E-state index < -0.39 is 11.4 Å². The molecule has 1 saturated heterocycles. The van der Waals surface area contributed by atoms with Crippen LogP contribution < -0.4 is 0 Å². The molecule has 0 aromatic rings. The molecule has 25 heavy (non-hydrogen) atoms. The van der Waals surface area contributed by atoms with Crippen molar-refractivity contribution in [1.82, 2.24) is 0 Å². The van der Waals surface area contributed by atoms with Crippen LogP contribution in [0.25, 0.3) is 0 Å². The average Bonchev–Trinajstić information content (AvgIpc) is 3.43. The second-order valence-electron chi connectivity index (χ2n) is 9.15. The number of fused-ring (bicyclic) bond motifs is 3. The molecule has 4 aliphatic rings. The Morgan fingerprint density at radius 2 is 1.96 bits per heavy atom. The van der Waals surface area contributed by atoms with Gasteiger partial charge >= 0.3 is 5.97 Å². The third-order valence-corrected chi connectivity index (χ3v) is 7.27. The molecule has 0 spiro atoms. The van der Waals surface area contributed by atoms with Gasteiger partial charge in [0.05, 0.1) is 18.6 Å². The summed E-state index contributed by atoms with van der Waals surface area (Å²) in [5.74, 6) is 0.888. The maximum Gasteiger partial charge on any atom is 0.309 e. The molecule has 0 bridgehead atoms. The summed E-state index contributed by atoms with van der Waals surface area (Å²) in [6.45, 7) is 10.9. The molecule has 1 N–H and O–H groups in total. The summed E-state index contributed by atoms with van der Waals surface area (Å²) in [5, 5.41) is 9.83. The molecule has 0 unspecified atom stereocenters. The van der Waals surface area contributed by atoms with Crippen LogP contribution in [0, 0.1) is 28.6 Å². The molecule has 0 aromatic heterocycles. The van der Waals surface area contributed by atoms with Crippen molar-refractivity contribution in [2.24, 2.45) is 28.6 Å². The molecular weight excluding hydrogens is 312 g/mol. The Morgan fingerprint density at radius 3 is 2.52 bits per heavy atom. The number of hydrogen-bond acceptors (Lipinski definition) is 2. The lowest BCUT2D eigenvalue weighted by atomic mass is 9.47. The van der Waals surface area contributed by atoms with Gasteiger partial charge in [0, 0.05) is 0 Å². The van der Waals surface area contributed by atoms with E-state index in [1.54, 1.807) is 5.57 Å². The molecule has 1 heterocycles. The number of carbonyl (C=O) groups is 1. The highest BCUT2D eigenvalue weighted by Gasteiger charge is 2.57. The fraction of sp³-hybridized carbons (Fsp3) is 0.773. The van der Waals surface area contributed by atoms with Crippen molar-refractivity contribution >= 4 is 5.97 Å². The highest BCUT2D eigenvalue weighted by atomic mass is 16.6. The molecule has 3 nitrogen and oxygen atoms in total. The molecular formula is C22H34O3. The fourth-order valence-corrected chi connectivity index (χ4v) is 5.60. The topological polar surface area (TPSA) is 49.8 Å². The number of aliphatic carboxylic acids is 1. The Bertz CT molecular complexity index is 583. The first kappa shape index (κ1) is 18.7. The zero-order valence-electron chi connectivity index (χ0n) is 16.3. The quantitative estimate of drug-likeness (QED) is 0.697. The fourth-order valence-electron chi connectivity index (χ4n) is 5.60. The SMILES string of the molecule is C1CO1.CC(C)C1=CC2=CC[C@@H]3[C@](C)(CCC[C@@]3(C)C(=O)O)[C@H]2CC1. The summed E-state index contributed by atoms with van der Waals surface area (Å²) in [6.07, 6.45) is 11.2. The van der Waals surface area contributed by atoms with Crippen LogP contribution in [0.1, 0.15) is 66.2 Å². The molecule has 3 heteroatoms. The summed E-state index contributed by atoms with van der Waals surface area (Å²) in [7, 11) is 0. The molecule has 1 saturated carbocycles. The van der Waals surface area contributed by atoms with Gasteiger partial charge < -0.3 is 9.84 Å². The standard InChI is InChI=1S/C20H30O2.C2H4O/c1-13(2)14-6-8-16-15(12-14)7-9-17-19(16,3)10-5-11-20(17,4)18(21)22;1-2-3-1/h7,12-13,16-17H,5-6,8-11H2,1-4H3,(H,21,22);1-2H2/t16-,17+,19+,20+;/m0./s1. The van der Waals surface area contributed by atoms with Crippen LogP contribution >= 0.6 is 0 Å². The van der Waals surface area contributed by atoms with Crippen LogP contribution in [0.3, 0.4) is 0 Å². The lowest BCUT2D eigenvalue weighted by Crippen LogP contribution is -2.53. The summed E-state index contributed by atoms with van der Waals surface area (Å²) in [4.78, 5) is 11.9. The maximum atomic E-state index is 11.9. The Hall–Kier alpha value is -1.09. The van der Waals surface area contributed by atoms with Crippen molar-refractivity contribution in [2.75, 3.05) is 13.2 Å².